The van der Waals surface area contributed by atoms with Crippen LogP contribution in [0.2, 0.25) is 0 Å². The summed E-state index contributed by atoms with van der Waals surface area (Å²) in [7, 11) is 0. The Morgan fingerprint density at radius 2 is 2.10 bits per heavy atom. The van der Waals surface area contributed by atoms with Crippen LogP contribution in [-0.2, 0) is 17.6 Å². The molecule has 5 heteroatoms. The number of H-pyrrole nitrogens is 1. The summed E-state index contributed by atoms with van der Waals surface area (Å²) in [4.78, 5) is 29.8. The average Bonchev–Trinajstić information content (AvgIpc) is 2.37. The van der Waals surface area contributed by atoms with Crippen molar-refractivity contribution in [1.29, 1.82) is 0 Å². The number of carboxylic acids is 1. The first kappa shape index (κ1) is 15.0. The van der Waals surface area contributed by atoms with Gasteiger partial charge in [-0.05, 0) is 25.8 Å². The molecule has 21 heavy (non-hydrogen) atoms. The zero-order chi connectivity index (χ0) is 15.4. The molecule has 0 aliphatic heterocycles. The number of benzene rings is 1. The van der Waals surface area contributed by atoms with E-state index < -0.39 is 5.97 Å². The van der Waals surface area contributed by atoms with E-state index in [0.29, 0.717) is 23.5 Å². The summed E-state index contributed by atoms with van der Waals surface area (Å²) in [6.07, 6.45) is 0.689. The molecule has 0 atom stereocenters. The quantitative estimate of drug-likeness (QED) is 0.880. The van der Waals surface area contributed by atoms with Gasteiger partial charge >= 0.3 is 5.97 Å². The molecule has 2 N–H and O–H groups in total. The van der Waals surface area contributed by atoms with Gasteiger partial charge < -0.3 is 10.1 Å². The Hall–Kier alpha value is -2.43. The lowest BCUT2D eigenvalue weighted by molar-refractivity contribution is -0.136. The molecule has 0 amide bonds. The van der Waals surface area contributed by atoms with Crippen molar-refractivity contribution in [1.82, 2.24) is 9.97 Å². The van der Waals surface area contributed by atoms with Crippen LogP contribution in [0.1, 0.15) is 34.6 Å². The highest BCUT2D eigenvalue weighted by Crippen LogP contribution is 2.09. The molecule has 1 aromatic carbocycles. The summed E-state index contributed by atoms with van der Waals surface area (Å²) in [5, 5.41) is 8.70. The Kier molecular flexibility index (Phi) is 4.52. The molecule has 110 valence electrons. The lowest BCUT2D eigenvalue weighted by Gasteiger charge is -2.07. The van der Waals surface area contributed by atoms with Crippen molar-refractivity contribution < 1.29 is 9.90 Å². The zero-order valence-corrected chi connectivity index (χ0v) is 12.1. The normalized spacial score (nSPS) is 10.6. The molecule has 0 radical (unpaired) electrons. The Balaban J connectivity index is 2.23. The third-order valence-corrected chi connectivity index (χ3v) is 3.31. The summed E-state index contributed by atoms with van der Waals surface area (Å²) in [5.41, 5.74) is 3.04. The Labute approximate surface area is 122 Å². The van der Waals surface area contributed by atoms with Crippen molar-refractivity contribution in [3.63, 3.8) is 0 Å². The number of carboxylic acid groups (broad SMARTS) is 1. The maximum Gasteiger partial charge on any atom is 0.303 e. The fourth-order valence-corrected chi connectivity index (χ4v) is 2.29. The highest BCUT2D eigenvalue weighted by molar-refractivity contribution is 5.67. The van der Waals surface area contributed by atoms with E-state index >= 15 is 0 Å². The van der Waals surface area contributed by atoms with Crippen molar-refractivity contribution in [3.05, 3.63) is 62.8 Å². The minimum Gasteiger partial charge on any atom is -0.481 e. The highest BCUT2D eigenvalue weighted by Gasteiger charge is 2.10. The fourth-order valence-electron chi connectivity index (χ4n) is 2.29. The molecule has 2 rings (SSSR count). The molecule has 0 saturated carbocycles. The van der Waals surface area contributed by atoms with Gasteiger partial charge in [0.2, 0.25) is 0 Å². The summed E-state index contributed by atoms with van der Waals surface area (Å²) in [6, 6.07) is 8.02. The smallest absolute Gasteiger partial charge is 0.303 e. The van der Waals surface area contributed by atoms with Crippen LogP contribution in [0, 0.1) is 13.8 Å². The monoisotopic (exact) mass is 286 g/mol. The molecule has 0 bridgehead atoms. The molecule has 1 aromatic heterocycles. The van der Waals surface area contributed by atoms with Crippen LogP contribution in [0.4, 0.5) is 0 Å². The minimum absolute atomic E-state index is 0.0666. The van der Waals surface area contributed by atoms with Gasteiger partial charge in [-0.1, -0.05) is 29.8 Å². The van der Waals surface area contributed by atoms with Crippen LogP contribution < -0.4 is 5.56 Å². The Morgan fingerprint density at radius 3 is 2.71 bits per heavy atom. The first-order valence-electron chi connectivity index (χ1n) is 6.81. The van der Waals surface area contributed by atoms with Gasteiger partial charge in [-0.25, -0.2) is 4.98 Å². The molecule has 2 aromatic rings. The molecule has 0 aliphatic rings. The van der Waals surface area contributed by atoms with Crippen LogP contribution in [-0.4, -0.2) is 21.0 Å². The van der Waals surface area contributed by atoms with E-state index in [2.05, 4.69) is 9.97 Å². The van der Waals surface area contributed by atoms with Crippen LogP contribution in [0.15, 0.2) is 29.1 Å². The molecular formula is C16H18N2O3. The Bertz CT molecular complexity index is 720. The van der Waals surface area contributed by atoms with E-state index in [1.165, 1.54) is 0 Å². The van der Waals surface area contributed by atoms with Crippen LogP contribution in [0.3, 0.4) is 0 Å². The summed E-state index contributed by atoms with van der Waals surface area (Å²) in [6.45, 7) is 3.76. The standard InChI is InChI=1S/C16H18N2O3/c1-10-4-3-5-12(8-10)9-14-17-11(2)13(16(21)18-14)6-7-15(19)20/h3-5,8H,6-7,9H2,1-2H3,(H,19,20)(H,17,18,21). The van der Waals surface area contributed by atoms with Crippen molar-refractivity contribution in [2.24, 2.45) is 0 Å². The topological polar surface area (TPSA) is 83.0 Å². The van der Waals surface area contributed by atoms with Crippen LogP contribution >= 0.6 is 0 Å². The fraction of sp³-hybridized carbons (Fsp3) is 0.312. The van der Waals surface area contributed by atoms with Crippen molar-refractivity contribution >= 4 is 5.97 Å². The van der Waals surface area contributed by atoms with E-state index in [1.807, 2.05) is 31.2 Å². The van der Waals surface area contributed by atoms with Gasteiger partial charge in [0.05, 0.1) is 0 Å². The van der Waals surface area contributed by atoms with E-state index in [-0.39, 0.29) is 18.4 Å². The van der Waals surface area contributed by atoms with Gasteiger partial charge in [-0.2, -0.15) is 0 Å². The first-order chi connectivity index (χ1) is 9.95. The first-order valence-corrected chi connectivity index (χ1v) is 6.81. The lowest BCUT2D eigenvalue weighted by atomic mass is 10.1. The molecule has 1 heterocycles. The second kappa shape index (κ2) is 6.35. The summed E-state index contributed by atoms with van der Waals surface area (Å²) < 4.78 is 0. The maximum absolute atomic E-state index is 12.0. The number of aromatic amines is 1. The third kappa shape index (κ3) is 4.02. The van der Waals surface area contributed by atoms with E-state index in [1.54, 1.807) is 6.92 Å². The lowest BCUT2D eigenvalue weighted by Crippen LogP contribution is -2.20. The SMILES string of the molecule is Cc1cccc(Cc2nc(C)c(CCC(=O)O)c(=O)[nH]2)c1. The number of aryl methyl sites for hydroxylation is 2. The predicted molar refractivity (Wildman–Crippen MR) is 79.5 cm³/mol. The van der Waals surface area contributed by atoms with E-state index in [9.17, 15) is 9.59 Å². The number of rotatable bonds is 5. The highest BCUT2D eigenvalue weighted by atomic mass is 16.4. The molecule has 0 spiro atoms. The van der Waals surface area contributed by atoms with Gasteiger partial charge in [0, 0.05) is 24.1 Å². The van der Waals surface area contributed by atoms with Gasteiger partial charge in [0.1, 0.15) is 5.82 Å². The third-order valence-electron chi connectivity index (χ3n) is 3.31. The van der Waals surface area contributed by atoms with Crippen molar-refractivity contribution in [2.75, 3.05) is 0 Å². The van der Waals surface area contributed by atoms with Crippen molar-refractivity contribution in [2.45, 2.75) is 33.1 Å². The number of nitrogens with one attached hydrogen (secondary N) is 1. The van der Waals surface area contributed by atoms with Crippen LogP contribution in [0.5, 0.6) is 0 Å². The van der Waals surface area contributed by atoms with Gasteiger partial charge in [0.15, 0.2) is 0 Å². The maximum atomic E-state index is 12.0. The van der Waals surface area contributed by atoms with Crippen molar-refractivity contribution in [3.8, 4) is 0 Å². The molecule has 0 aliphatic carbocycles. The minimum atomic E-state index is -0.919. The van der Waals surface area contributed by atoms with Gasteiger partial charge in [0.25, 0.3) is 5.56 Å². The van der Waals surface area contributed by atoms with E-state index in [0.717, 1.165) is 11.1 Å². The second-order valence-corrected chi connectivity index (χ2v) is 5.14. The van der Waals surface area contributed by atoms with Crippen LogP contribution in [0.25, 0.3) is 0 Å². The summed E-state index contributed by atoms with van der Waals surface area (Å²) >= 11 is 0. The molecule has 0 unspecified atom stereocenters. The number of aromatic nitrogens is 2. The zero-order valence-electron chi connectivity index (χ0n) is 12.1. The number of nitrogens with zero attached hydrogens (tertiary/aromatic N) is 1. The Morgan fingerprint density at radius 1 is 1.33 bits per heavy atom. The molecule has 0 saturated heterocycles. The molecule has 5 nitrogen and oxygen atoms in total. The molecule has 0 fully saturated rings. The number of hydrogen-bond acceptors (Lipinski definition) is 3. The molecular weight excluding hydrogens is 268 g/mol. The van der Waals surface area contributed by atoms with Gasteiger partial charge in [-0.15, -0.1) is 0 Å². The second-order valence-electron chi connectivity index (χ2n) is 5.14. The number of hydrogen-bond donors (Lipinski definition) is 2. The summed E-state index contributed by atoms with van der Waals surface area (Å²) in [5.74, 6) is -0.320. The number of carbonyl (C=O) groups is 1. The number of aliphatic carboxylic acids is 1. The van der Waals surface area contributed by atoms with Gasteiger partial charge in [-0.3, -0.25) is 9.59 Å². The average molecular weight is 286 g/mol. The largest absolute Gasteiger partial charge is 0.481 e. The van der Waals surface area contributed by atoms with E-state index in [4.69, 9.17) is 5.11 Å². The predicted octanol–water partition coefficient (Wildman–Crippen LogP) is 1.99.